The minimum Gasteiger partial charge on any atom is -0.399 e. The Morgan fingerprint density at radius 2 is 1.84 bits per heavy atom. The molecule has 0 amide bonds. The number of nitrogens with two attached hydrogens (primary N) is 1. The summed E-state index contributed by atoms with van der Waals surface area (Å²) >= 11 is 0. The van der Waals surface area contributed by atoms with E-state index in [0.29, 0.717) is 17.6 Å². The lowest BCUT2D eigenvalue weighted by atomic mass is 10.1. The number of hydrogen-bond donors (Lipinski definition) is 1. The Morgan fingerprint density at radius 1 is 1.11 bits per heavy atom. The molecule has 0 unspecified atom stereocenters. The zero-order valence-corrected chi connectivity index (χ0v) is 10.5. The molecule has 0 atom stereocenters. The number of allylic oxidation sites excluding steroid dienone is 1. The molecule has 1 aromatic heterocycles. The SMILES string of the molecule is C=CCn1c(=O)c2ccccc2c2cc(N)ccc21. The largest absolute Gasteiger partial charge is 0.399 e. The van der Waals surface area contributed by atoms with Crippen molar-refractivity contribution in [1.82, 2.24) is 4.57 Å². The second-order valence-corrected chi connectivity index (χ2v) is 4.53. The van der Waals surface area contributed by atoms with Crippen molar-refractivity contribution >= 4 is 27.4 Å². The van der Waals surface area contributed by atoms with Gasteiger partial charge in [0.25, 0.3) is 5.56 Å². The number of fused-ring (bicyclic) bond motifs is 3. The standard InChI is InChI=1S/C16H14N2O/c1-2-9-18-15-8-7-11(17)10-14(15)12-5-3-4-6-13(12)16(18)19/h2-8,10H,1,9,17H2. The smallest absolute Gasteiger partial charge is 0.259 e. The fraction of sp³-hybridized carbons (Fsp3) is 0.0625. The van der Waals surface area contributed by atoms with Crippen molar-refractivity contribution in [2.24, 2.45) is 0 Å². The summed E-state index contributed by atoms with van der Waals surface area (Å²) in [4.78, 5) is 12.5. The average Bonchev–Trinajstić information content (AvgIpc) is 2.44. The quantitative estimate of drug-likeness (QED) is 0.432. The highest BCUT2D eigenvalue weighted by Gasteiger charge is 2.09. The maximum Gasteiger partial charge on any atom is 0.259 e. The van der Waals surface area contributed by atoms with Crippen LogP contribution in [0.2, 0.25) is 0 Å². The van der Waals surface area contributed by atoms with Crippen LogP contribution in [-0.2, 0) is 6.54 Å². The molecule has 0 radical (unpaired) electrons. The molecule has 94 valence electrons. The van der Waals surface area contributed by atoms with Gasteiger partial charge in [-0.1, -0.05) is 24.3 Å². The highest BCUT2D eigenvalue weighted by Crippen LogP contribution is 2.24. The third-order valence-corrected chi connectivity index (χ3v) is 3.32. The molecule has 0 spiro atoms. The van der Waals surface area contributed by atoms with E-state index in [-0.39, 0.29) is 5.56 Å². The number of hydrogen-bond acceptors (Lipinski definition) is 2. The van der Waals surface area contributed by atoms with Crippen molar-refractivity contribution in [1.29, 1.82) is 0 Å². The van der Waals surface area contributed by atoms with Crippen LogP contribution in [0.3, 0.4) is 0 Å². The third kappa shape index (κ3) is 1.71. The molecule has 3 heteroatoms. The van der Waals surface area contributed by atoms with Crippen LogP contribution >= 0.6 is 0 Å². The minimum atomic E-state index is 0.00720. The lowest BCUT2D eigenvalue weighted by Gasteiger charge is -2.11. The Bertz CT molecular complexity index is 846. The summed E-state index contributed by atoms with van der Waals surface area (Å²) < 4.78 is 1.73. The van der Waals surface area contributed by atoms with Gasteiger partial charge in [-0.15, -0.1) is 6.58 Å². The van der Waals surface area contributed by atoms with E-state index in [4.69, 9.17) is 5.73 Å². The van der Waals surface area contributed by atoms with E-state index < -0.39 is 0 Å². The summed E-state index contributed by atoms with van der Waals surface area (Å²) in [6.45, 7) is 4.21. The molecule has 1 heterocycles. The van der Waals surface area contributed by atoms with E-state index in [0.717, 1.165) is 16.3 Å². The van der Waals surface area contributed by atoms with Crippen LogP contribution in [0, 0.1) is 0 Å². The molecule has 2 aromatic carbocycles. The maximum absolute atomic E-state index is 12.5. The van der Waals surface area contributed by atoms with Crippen molar-refractivity contribution < 1.29 is 0 Å². The summed E-state index contributed by atoms with van der Waals surface area (Å²) in [5, 5.41) is 2.65. The predicted molar refractivity (Wildman–Crippen MR) is 80.3 cm³/mol. The zero-order valence-electron chi connectivity index (χ0n) is 10.5. The van der Waals surface area contributed by atoms with Gasteiger partial charge in [0.15, 0.2) is 0 Å². The van der Waals surface area contributed by atoms with Gasteiger partial charge in [-0.25, -0.2) is 0 Å². The van der Waals surface area contributed by atoms with E-state index in [9.17, 15) is 4.79 Å². The molecule has 0 fully saturated rings. The Morgan fingerprint density at radius 3 is 2.58 bits per heavy atom. The Kier molecular flexibility index (Phi) is 2.60. The van der Waals surface area contributed by atoms with Crippen LogP contribution in [0.5, 0.6) is 0 Å². The molecule has 3 aromatic rings. The lowest BCUT2D eigenvalue weighted by Crippen LogP contribution is -2.20. The minimum absolute atomic E-state index is 0.00720. The first-order chi connectivity index (χ1) is 9.22. The molecule has 3 rings (SSSR count). The summed E-state index contributed by atoms with van der Waals surface area (Å²) in [5.74, 6) is 0. The molecule has 0 aliphatic rings. The third-order valence-electron chi connectivity index (χ3n) is 3.32. The number of rotatable bonds is 2. The van der Waals surface area contributed by atoms with Crippen molar-refractivity contribution in [3.8, 4) is 0 Å². The van der Waals surface area contributed by atoms with Gasteiger partial charge in [0, 0.05) is 23.0 Å². The van der Waals surface area contributed by atoms with Crippen LogP contribution in [-0.4, -0.2) is 4.57 Å². The summed E-state index contributed by atoms with van der Waals surface area (Å²) in [5.41, 5.74) is 7.46. The Balaban J connectivity index is 2.61. The van der Waals surface area contributed by atoms with Crippen LogP contribution in [0.15, 0.2) is 59.9 Å². The van der Waals surface area contributed by atoms with Gasteiger partial charge in [-0.3, -0.25) is 4.79 Å². The van der Waals surface area contributed by atoms with E-state index in [2.05, 4.69) is 6.58 Å². The summed E-state index contributed by atoms with van der Waals surface area (Å²) in [6, 6.07) is 13.2. The van der Waals surface area contributed by atoms with Gasteiger partial charge in [0.1, 0.15) is 0 Å². The van der Waals surface area contributed by atoms with E-state index in [1.807, 2.05) is 42.5 Å². The normalized spacial score (nSPS) is 10.9. The van der Waals surface area contributed by atoms with Crippen LogP contribution in [0.25, 0.3) is 21.7 Å². The van der Waals surface area contributed by atoms with E-state index in [1.54, 1.807) is 10.6 Å². The van der Waals surface area contributed by atoms with Gasteiger partial charge >= 0.3 is 0 Å². The highest BCUT2D eigenvalue weighted by atomic mass is 16.1. The first-order valence-electron chi connectivity index (χ1n) is 6.14. The van der Waals surface area contributed by atoms with Gasteiger partial charge in [0.2, 0.25) is 0 Å². The maximum atomic E-state index is 12.5. The average molecular weight is 250 g/mol. The van der Waals surface area contributed by atoms with E-state index in [1.165, 1.54) is 0 Å². The molecule has 0 saturated heterocycles. The second kappa shape index (κ2) is 4.28. The van der Waals surface area contributed by atoms with Crippen molar-refractivity contribution in [2.45, 2.75) is 6.54 Å². The first-order valence-corrected chi connectivity index (χ1v) is 6.14. The predicted octanol–water partition coefficient (Wildman–Crippen LogP) is 2.92. The topological polar surface area (TPSA) is 48.0 Å². The van der Waals surface area contributed by atoms with Crippen LogP contribution in [0.1, 0.15) is 0 Å². The fourth-order valence-corrected chi connectivity index (χ4v) is 2.47. The zero-order chi connectivity index (χ0) is 13.4. The van der Waals surface area contributed by atoms with Gasteiger partial charge in [-0.05, 0) is 29.7 Å². The number of pyridine rings is 1. The Labute approximate surface area is 110 Å². The van der Waals surface area contributed by atoms with Crippen molar-refractivity contribution in [3.63, 3.8) is 0 Å². The monoisotopic (exact) mass is 250 g/mol. The molecular formula is C16H14N2O. The number of nitrogen functional groups attached to an aromatic ring is 1. The first kappa shape index (κ1) is 11.5. The van der Waals surface area contributed by atoms with Gasteiger partial charge in [0.05, 0.1) is 5.52 Å². The lowest BCUT2D eigenvalue weighted by molar-refractivity contribution is 0.827. The molecule has 0 aliphatic heterocycles. The fourth-order valence-electron chi connectivity index (χ4n) is 2.47. The highest BCUT2D eigenvalue weighted by molar-refractivity contribution is 6.06. The van der Waals surface area contributed by atoms with Gasteiger partial charge < -0.3 is 10.3 Å². The summed E-state index contributed by atoms with van der Waals surface area (Å²) in [6.07, 6.45) is 1.73. The number of anilines is 1. The molecule has 3 nitrogen and oxygen atoms in total. The number of aromatic nitrogens is 1. The molecular weight excluding hydrogens is 236 g/mol. The molecule has 0 aliphatic carbocycles. The molecule has 2 N–H and O–H groups in total. The number of benzene rings is 2. The number of nitrogens with zero attached hydrogens (tertiary/aromatic N) is 1. The Hall–Kier alpha value is -2.55. The molecule has 0 bridgehead atoms. The summed E-state index contributed by atoms with van der Waals surface area (Å²) in [7, 11) is 0. The second-order valence-electron chi connectivity index (χ2n) is 4.53. The van der Waals surface area contributed by atoms with Crippen molar-refractivity contribution in [3.05, 3.63) is 65.5 Å². The molecule has 0 saturated carbocycles. The van der Waals surface area contributed by atoms with Gasteiger partial charge in [-0.2, -0.15) is 0 Å². The van der Waals surface area contributed by atoms with E-state index >= 15 is 0 Å². The van der Waals surface area contributed by atoms with Crippen LogP contribution in [0.4, 0.5) is 5.69 Å². The molecule has 19 heavy (non-hydrogen) atoms. The van der Waals surface area contributed by atoms with Crippen LogP contribution < -0.4 is 11.3 Å². The van der Waals surface area contributed by atoms with Crippen molar-refractivity contribution in [2.75, 3.05) is 5.73 Å².